The number of aromatic nitrogens is 7. The fourth-order valence-electron chi connectivity index (χ4n) is 4.18. The molecule has 4 heterocycles. The highest BCUT2D eigenvalue weighted by Crippen LogP contribution is 2.36. The molecule has 0 unspecified atom stereocenters. The molecule has 1 aliphatic heterocycles. The average Bonchev–Trinajstić information content (AvgIpc) is 3.60. The summed E-state index contributed by atoms with van der Waals surface area (Å²) in [6.45, 7) is 4.45. The Bertz CT molecular complexity index is 1570. The zero-order valence-electron chi connectivity index (χ0n) is 19.8. The van der Waals surface area contributed by atoms with Crippen LogP contribution in [0.4, 0.5) is 4.39 Å². The monoisotopic (exact) mass is 487 g/mol. The second-order valence-electron chi connectivity index (χ2n) is 8.68. The Hall–Kier alpha value is -4.54. The Kier molecular flexibility index (Phi) is 5.24. The molecule has 0 radical (unpaired) electrons. The van der Waals surface area contributed by atoms with Crippen molar-refractivity contribution in [2.24, 2.45) is 0 Å². The molecule has 5 aromatic rings. The van der Waals surface area contributed by atoms with Gasteiger partial charge in [0.15, 0.2) is 11.6 Å². The van der Waals surface area contributed by atoms with E-state index in [4.69, 9.17) is 14.0 Å². The Morgan fingerprint density at radius 3 is 2.78 bits per heavy atom. The highest BCUT2D eigenvalue weighted by molar-refractivity contribution is 5.72. The van der Waals surface area contributed by atoms with Crippen molar-refractivity contribution >= 4 is 0 Å². The van der Waals surface area contributed by atoms with Crippen molar-refractivity contribution in [3.8, 4) is 40.1 Å². The maximum Gasteiger partial charge on any atom is 0.229 e. The topological polar surface area (TPSA) is 106 Å². The minimum atomic E-state index is -0.372. The van der Waals surface area contributed by atoms with Crippen LogP contribution in [0.25, 0.3) is 28.6 Å². The Labute approximate surface area is 205 Å². The number of rotatable bonds is 6. The van der Waals surface area contributed by atoms with E-state index in [0.717, 1.165) is 16.9 Å². The standard InChI is InChI=1S/C25H22FN7O3/c1-14(2)25-28-23(31-36-25)22-20-11-32-21(12-35-17-6-4-5-15(26)9-17)29-30-24(32)18-10-16(34-3)7-8-19(18)33(20)13-27-22/h4-10,13-14H,11-12H2,1-3H3. The lowest BCUT2D eigenvalue weighted by atomic mass is 10.1. The van der Waals surface area contributed by atoms with Crippen LogP contribution in [0.15, 0.2) is 53.3 Å². The molecule has 36 heavy (non-hydrogen) atoms. The molecule has 0 N–H and O–H groups in total. The molecule has 0 spiro atoms. The number of ether oxygens (including phenoxy) is 2. The molecule has 182 valence electrons. The maximum absolute atomic E-state index is 13.6. The summed E-state index contributed by atoms with van der Waals surface area (Å²) in [7, 11) is 1.62. The van der Waals surface area contributed by atoms with Crippen molar-refractivity contribution in [2.45, 2.75) is 32.9 Å². The van der Waals surface area contributed by atoms with Gasteiger partial charge in [-0.15, -0.1) is 10.2 Å². The summed E-state index contributed by atoms with van der Waals surface area (Å²) >= 11 is 0. The van der Waals surface area contributed by atoms with Gasteiger partial charge in [-0.3, -0.25) is 4.57 Å². The number of hydrogen-bond donors (Lipinski definition) is 0. The zero-order chi connectivity index (χ0) is 24.8. The lowest BCUT2D eigenvalue weighted by molar-refractivity contribution is 0.288. The largest absolute Gasteiger partial charge is 0.497 e. The minimum Gasteiger partial charge on any atom is -0.497 e. The molecule has 6 rings (SSSR count). The molecule has 11 heteroatoms. The van der Waals surface area contributed by atoms with Gasteiger partial charge in [-0.25, -0.2) is 9.37 Å². The second-order valence-corrected chi connectivity index (χ2v) is 8.68. The van der Waals surface area contributed by atoms with Gasteiger partial charge in [-0.05, 0) is 30.3 Å². The van der Waals surface area contributed by atoms with Crippen molar-refractivity contribution in [1.29, 1.82) is 0 Å². The maximum atomic E-state index is 13.6. The molecule has 1 aliphatic rings. The predicted octanol–water partition coefficient (Wildman–Crippen LogP) is 4.39. The van der Waals surface area contributed by atoms with Crippen LogP contribution >= 0.6 is 0 Å². The third-order valence-corrected chi connectivity index (χ3v) is 6.02. The van der Waals surface area contributed by atoms with Gasteiger partial charge in [0, 0.05) is 17.5 Å². The third kappa shape index (κ3) is 3.69. The van der Waals surface area contributed by atoms with E-state index in [1.54, 1.807) is 25.6 Å². The van der Waals surface area contributed by atoms with Crippen molar-refractivity contribution in [3.05, 3.63) is 72.0 Å². The molecule has 10 nitrogen and oxygen atoms in total. The van der Waals surface area contributed by atoms with E-state index in [-0.39, 0.29) is 18.3 Å². The van der Waals surface area contributed by atoms with Gasteiger partial charge >= 0.3 is 0 Å². The van der Waals surface area contributed by atoms with Gasteiger partial charge in [0.2, 0.25) is 11.7 Å². The van der Waals surface area contributed by atoms with Crippen LogP contribution in [0.2, 0.25) is 0 Å². The molecule has 2 aromatic carbocycles. The van der Waals surface area contributed by atoms with Gasteiger partial charge in [0.25, 0.3) is 0 Å². The first-order valence-electron chi connectivity index (χ1n) is 11.4. The molecule has 0 bridgehead atoms. The normalized spacial score (nSPS) is 12.1. The van der Waals surface area contributed by atoms with Gasteiger partial charge in [0.1, 0.15) is 35.9 Å². The number of imidazole rings is 1. The Morgan fingerprint density at radius 1 is 1.11 bits per heavy atom. The summed E-state index contributed by atoms with van der Waals surface area (Å²) in [5.74, 6) is 2.98. The number of benzene rings is 2. The summed E-state index contributed by atoms with van der Waals surface area (Å²) in [5.41, 5.74) is 3.12. The molecule has 0 amide bonds. The highest BCUT2D eigenvalue weighted by atomic mass is 19.1. The molecule has 0 saturated heterocycles. The lowest BCUT2D eigenvalue weighted by Gasteiger charge is -2.10. The summed E-state index contributed by atoms with van der Waals surface area (Å²) in [6, 6.07) is 11.7. The molecule has 0 saturated carbocycles. The summed E-state index contributed by atoms with van der Waals surface area (Å²) in [4.78, 5) is 9.18. The molecule has 0 aliphatic carbocycles. The zero-order valence-corrected chi connectivity index (χ0v) is 19.8. The van der Waals surface area contributed by atoms with Crippen LogP contribution in [0.5, 0.6) is 11.5 Å². The second kappa shape index (κ2) is 8.59. The van der Waals surface area contributed by atoms with Crippen LogP contribution in [0, 0.1) is 5.82 Å². The quantitative estimate of drug-likeness (QED) is 0.341. The first-order valence-corrected chi connectivity index (χ1v) is 11.4. The molecule has 0 fully saturated rings. The summed E-state index contributed by atoms with van der Waals surface area (Å²) in [6.07, 6.45) is 1.74. The summed E-state index contributed by atoms with van der Waals surface area (Å²) in [5, 5.41) is 13.0. The van der Waals surface area contributed by atoms with Crippen LogP contribution in [-0.4, -0.2) is 41.6 Å². The van der Waals surface area contributed by atoms with Crippen LogP contribution in [-0.2, 0) is 13.2 Å². The molecule has 0 atom stereocenters. The van der Waals surface area contributed by atoms with Crippen LogP contribution in [0.1, 0.15) is 37.2 Å². The lowest BCUT2D eigenvalue weighted by Crippen LogP contribution is -2.10. The van der Waals surface area contributed by atoms with Crippen LogP contribution in [0.3, 0.4) is 0 Å². The fourth-order valence-corrected chi connectivity index (χ4v) is 4.18. The van der Waals surface area contributed by atoms with Crippen molar-refractivity contribution in [1.82, 2.24) is 34.5 Å². The fraction of sp³-hybridized carbons (Fsp3) is 0.240. The highest BCUT2D eigenvalue weighted by Gasteiger charge is 2.28. The van der Waals surface area contributed by atoms with E-state index >= 15 is 0 Å². The first-order chi connectivity index (χ1) is 17.5. The third-order valence-electron chi connectivity index (χ3n) is 6.02. The van der Waals surface area contributed by atoms with Crippen molar-refractivity contribution in [3.63, 3.8) is 0 Å². The first kappa shape index (κ1) is 22.0. The van der Waals surface area contributed by atoms with Crippen LogP contribution < -0.4 is 9.47 Å². The van der Waals surface area contributed by atoms with E-state index in [1.807, 2.05) is 41.2 Å². The summed E-state index contributed by atoms with van der Waals surface area (Å²) < 4.78 is 34.3. The smallest absolute Gasteiger partial charge is 0.229 e. The van der Waals surface area contributed by atoms with Gasteiger partial charge in [0.05, 0.1) is 25.0 Å². The van der Waals surface area contributed by atoms with Crippen molar-refractivity contribution < 1.29 is 18.4 Å². The number of hydrogen-bond acceptors (Lipinski definition) is 8. The van der Waals surface area contributed by atoms with E-state index in [2.05, 4.69) is 25.3 Å². The van der Waals surface area contributed by atoms with Gasteiger partial charge in [-0.2, -0.15) is 4.98 Å². The van der Waals surface area contributed by atoms with E-state index in [9.17, 15) is 4.39 Å². The predicted molar refractivity (Wildman–Crippen MR) is 126 cm³/mol. The van der Waals surface area contributed by atoms with E-state index in [1.165, 1.54) is 12.1 Å². The number of halogens is 1. The molecular formula is C25H22FN7O3. The van der Waals surface area contributed by atoms with Gasteiger partial charge < -0.3 is 18.6 Å². The Morgan fingerprint density at radius 2 is 2.00 bits per heavy atom. The van der Waals surface area contributed by atoms with E-state index < -0.39 is 0 Å². The Balaban J connectivity index is 1.47. The number of nitrogens with zero attached hydrogens (tertiary/aromatic N) is 7. The number of fused-ring (bicyclic) bond motifs is 5. The SMILES string of the molecule is COc1ccc2c(c1)-c1nnc(COc3cccc(F)c3)n1Cc1c(-c3noc(C(C)C)n3)ncn1-2. The van der Waals surface area contributed by atoms with Crippen molar-refractivity contribution in [2.75, 3.05) is 7.11 Å². The molecule has 3 aromatic heterocycles. The number of methoxy groups -OCH3 is 1. The molecular weight excluding hydrogens is 465 g/mol. The average molecular weight is 487 g/mol. The minimum absolute atomic E-state index is 0.0942. The van der Waals surface area contributed by atoms with E-state index in [0.29, 0.717) is 47.1 Å². The van der Waals surface area contributed by atoms with Gasteiger partial charge in [-0.1, -0.05) is 25.1 Å².